The Morgan fingerprint density at radius 3 is 2.40 bits per heavy atom. The Balaban J connectivity index is 2.17. The van der Waals surface area contributed by atoms with Crippen molar-refractivity contribution >= 4 is 28.8 Å². The van der Waals surface area contributed by atoms with Crippen LogP contribution in [0, 0.1) is 11.3 Å². The summed E-state index contributed by atoms with van der Waals surface area (Å²) < 4.78 is 0. The summed E-state index contributed by atoms with van der Waals surface area (Å²) in [6, 6.07) is 18.3. The van der Waals surface area contributed by atoms with Gasteiger partial charge in [-0.2, -0.15) is 10.4 Å². The first-order valence-electron chi connectivity index (χ1n) is 7.62. The van der Waals surface area contributed by atoms with Crippen LogP contribution in [0.4, 0.5) is 5.69 Å². The van der Waals surface area contributed by atoms with Crippen LogP contribution < -0.4 is 10.7 Å². The fraction of sp³-hybridized carbons (Fsp3) is 0.105. The third-order valence-corrected chi connectivity index (χ3v) is 4.21. The number of hydrogen-bond acceptors (Lipinski definition) is 5. The molecule has 3 rings (SSSR count). The number of hydrogen-bond donors (Lipinski definition) is 1. The van der Waals surface area contributed by atoms with Gasteiger partial charge in [-0.3, -0.25) is 4.79 Å². The molecule has 0 amide bonds. The van der Waals surface area contributed by atoms with E-state index in [1.165, 1.54) is 11.9 Å². The molecule has 0 spiro atoms. The molecule has 5 nitrogen and oxygen atoms in total. The van der Waals surface area contributed by atoms with Crippen molar-refractivity contribution < 1.29 is 4.79 Å². The van der Waals surface area contributed by atoms with Gasteiger partial charge in [0.05, 0.1) is 23.2 Å². The van der Waals surface area contributed by atoms with Gasteiger partial charge in [-0.1, -0.05) is 41.9 Å². The first-order chi connectivity index (χ1) is 12.0. The van der Waals surface area contributed by atoms with Gasteiger partial charge in [0, 0.05) is 11.9 Å². The highest BCUT2D eigenvalue weighted by atomic mass is 35.5. The second-order valence-corrected chi connectivity index (χ2v) is 6.02. The van der Waals surface area contributed by atoms with E-state index in [-0.39, 0.29) is 17.3 Å². The van der Waals surface area contributed by atoms with Gasteiger partial charge in [0.1, 0.15) is 11.5 Å². The summed E-state index contributed by atoms with van der Waals surface area (Å²) in [5.41, 5.74) is 8.21. The van der Waals surface area contributed by atoms with E-state index in [9.17, 15) is 10.1 Å². The second kappa shape index (κ2) is 6.80. The Morgan fingerprint density at radius 2 is 1.84 bits per heavy atom. The second-order valence-electron chi connectivity index (χ2n) is 5.58. The third kappa shape index (κ3) is 3.12. The topological polar surface area (TPSA) is 82.5 Å². The Bertz CT molecular complexity index is 911. The predicted octanol–water partition coefficient (Wildman–Crippen LogP) is 3.58. The number of Topliss-reactive ketones (excluding diaryl/α,β-unsaturated/α-hetero) is 1. The maximum Gasteiger partial charge on any atom is 0.176 e. The molecule has 124 valence electrons. The minimum atomic E-state index is -0.577. The number of halogens is 1. The van der Waals surface area contributed by atoms with E-state index in [1.807, 2.05) is 30.3 Å². The minimum absolute atomic E-state index is 0.198. The van der Waals surface area contributed by atoms with E-state index >= 15 is 0 Å². The number of anilines is 1. The number of carbonyl (C=O) groups is 1. The summed E-state index contributed by atoms with van der Waals surface area (Å²) >= 11 is 5.92. The maximum atomic E-state index is 12.2. The zero-order chi connectivity index (χ0) is 18.0. The number of ketones is 1. The zero-order valence-electron chi connectivity index (χ0n) is 13.5. The van der Waals surface area contributed by atoms with Crippen molar-refractivity contribution in [1.29, 1.82) is 5.26 Å². The van der Waals surface area contributed by atoms with E-state index in [4.69, 9.17) is 17.3 Å². The molecule has 0 fully saturated rings. The van der Waals surface area contributed by atoms with E-state index < -0.39 is 5.92 Å². The minimum Gasteiger partial charge on any atom is -0.383 e. The summed E-state index contributed by atoms with van der Waals surface area (Å²) in [6.07, 6.45) is 0. The predicted molar refractivity (Wildman–Crippen MR) is 98.1 cm³/mol. The number of allylic oxidation sites excluding steroid dienone is 1. The van der Waals surface area contributed by atoms with Crippen LogP contribution in [0.2, 0.25) is 5.02 Å². The SMILES string of the molecule is CC(=O)C1=NN(c2ccc(Cl)cc2)C(N)=C(C#N)C1c1ccccc1. The molecule has 25 heavy (non-hydrogen) atoms. The lowest BCUT2D eigenvalue weighted by molar-refractivity contribution is -0.111. The Morgan fingerprint density at radius 1 is 1.20 bits per heavy atom. The lowest BCUT2D eigenvalue weighted by Crippen LogP contribution is -2.36. The zero-order valence-corrected chi connectivity index (χ0v) is 14.2. The fourth-order valence-corrected chi connectivity index (χ4v) is 2.89. The lowest BCUT2D eigenvalue weighted by Gasteiger charge is -2.30. The van der Waals surface area contributed by atoms with Crippen LogP contribution in [0.1, 0.15) is 18.4 Å². The van der Waals surface area contributed by atoms with Gasteiger partial charge in [0.15, 0.2) is 5.78 Å². The van der Waals surface area contributed by atoms with E-state index in [1.54, 1.807) is 24.3 Å². The molecule has 2 aromatic rings. The molecule has 1 aliphatic rings. The molecule has 1 heterocycles. The largest absolute Gasteiger partial charge is 0.383 e. The smallest absolute Gasteiger partial charge is 0.176 e. The first kappa shape index (κ1) is 16.7. The van der Waals surface area contributed by atoms with Crippen molar-refractivity contribution in [2.45, 2.75) is 12.8 Å². The van der Waals surface area contributed by atoms with E-state index in [2.05, 4.69) is 11.2 Å². The highest BCUT2D eigenvalue weighted by molar-refractivity contribution is 6.42. The van der Waals surface area contributed by atoms with Gasteiger partial charge in [0.2, 0.25) is 0 Å². The summed E-state index contributed by atoms with van der Waals surface area (Å²) in [7, 11) is 0. The number of carbonyl (C=O) groups excluding carboxylic acids is 1. The Hall–Kier alpha value is -3.10. The third-order valence-electron chi connectivity index (χ3n) is 3.96. The average Bonchev–Trinajstić information content (AvgIpc) is 2.62. The van der Waals surface area contributed by atoms with Gasteiger partial charge in [0.25, 0.3) is 0 Å². The van der Waals surface area contributed by atoms with Gasteiger partial charge in [-0.25, -0.2) is 5.01 Å². The van der Waals surface area contributed by atoms with Crippen LogP contribution in [-0.2, 0) is 4.79 Å². The molecular formula is C19H15ClN4O. The van der Waals surface area contributed by atoms with Gasteiger partial charge in [-0.05, 0) is 29.8 Å². The van der Waals surface area contributed by atoms with Crippen LogP contribution in [0.3, 0.4) is 0 Å². The van der Waals surface area contributed by atoms with Crippen molar-refractivity contribution in [3.05, 3.63) is 76.6 Å². The van der Waals surface area contributed by atoms with Crippen LogP contribution in [0.25, 0.3) is 0 Å². The van der Waals surface area contributed by atoms with Crippen molar-refractivity contribution in [2.24, 2.45) is 10.8 Å². The van der Waals surface area contributed by atoms with Gasteiger partial charge in [-0.15, -0.1) is 0 Å². The van der Waals surface area contributed by atoms with Crippen molar-refractivity contribution in [1.82, 2.24) is 0 Å². The molecule has 0 saturated heterocycles. The number of nitrogens with two attached hydrogens (primary N) is 1. The molecule has 2 aromatic carbocycles. The molecule has 6 heteroatoms. The highest BCUT2D eigenvalue weighted by Gasteiger charge is 2.34. The number of hydrazone groups is 1. The van der Waals surface area contributed by atoms with Crippen molar-refractivity contribution in [3.63, 3.8) is 0 Å². The molecule has 1 atom stereocenters. The van der Waals surface area contributed by atoms with Gasteiger partial charge >= 0.3 is 0 Å². The van der Waals surface area contributed by atoms with Crippen LogP contribution >= 0.6 is 11.6 Å². The molecule has 1 unspecified atom stereocenters. The normalized spacial score (nSPS) is 17.1. The van der Waals surface area contributed by atoms with Crippen molar-refractivity contribution in [3.8, 4) is 6.07 Å². The molecule has 0 aromatic heterocycles. The monoisotopic (exact) mass is 350 g/mol. The maximum absolute atomic E-state index is 12.2. The summed E-state index contributed by atoms with van der Waals surface area (Å²) in [5, 5.41) is 16.1. The standard InChI is InChI=1S/C19H15ClN4O/c1-12(25)18-17(13-5-3-2-4-6-13)16(11-21)19(22)24(23-18)15-9-7-14(20)8-10-15/h2-10,17H,22H2,1H3. The number of benzene rings is 2. The van der Waals surface area contributed by atoms with Crippen LogP contribution in [0.15, 0.2) is 71.1 Å². The Labute approximate surface area is 150 Å². The quantitative estimate of drug-likeness (QED) is 0.917. The van der Waals surface area contributed by atoms with E-state index in [0.29, 0.717) is 16.3 Å². The fourth-order valence-electron chi connectivity index (χ4n) is 2.76. The summed E-state index contributed by atoms with van der Waals surface area (Å²) in [4.78, 5) is 12.2. The van der Waals surface area contributed by atoms with Gasteiger partial charge < -0.3 is 5.73 Å². The Kier molecular flexibility index (Phi) is 4.55. The molecule has 0 bridgehead atoms. The van der Waals surface area contributed by atoms with Crippen molar-refractivity contribution in [2.75, 3.05) is 5.01 Å². The average molecular weight is 351 g/mol. The molecular weight excluding hydrogens is 336 g/mol. The lowest BCUT2D eigenvalue weighted by atomic mass is 9.85. The van der Waals surface area contributed by atoms with E-state index in [0.717, 1.165) is 5.56 Å². The highest BCUT2D eigenvalue weighted by Crippen LogP contribution is 2.34. The molecule has 0 saturated carbocycles. The summed E-state index contributed by atoms with van der Waals surface area (Å²) in [5.74, 6) is -0.594. The number of nitriles is 1. The molecule has 1 aliphatic heterocycles. The molecule has 2 N–H and O–H groups in total. The number of nitrogens with zero attached hydrogens (tertiary/aromatic N) is 3. The molecule has 0 radical (unpaired) electrons. The molecule has 0 aliphatic carbocycles. The number of rotatable bonds is 3. The van der Waals surface area contributed by atoms with Crippen LogP contribution in [-0.4, -0.2) is 11.5 Å². The van der Waals surface area contributed by atoms with Crippen LogP contribution in [0.5, 0.6) is 0 Å². The summed E-state index contributed by atoms with van der Waals surface area (Å²) in [6.45, 7) is 1.44. The first-order valence-corrected chi connectivity index (χ1v) is 8.00.